The van der Waals surface area contributed by atoms with Crippen molar-refractivity contribution in [1.82, 2.24) is 0 Å². The van der Waals surface area contributed by atoms with Gasteiger partial charge in [0.25, 0.3) is 0 Å². The molecular weight excluding hydrogens is 398 g/mol. The molecule has 24 heavy (non-hydrogen) atoms. The minimum absolute atomic E-state index is 0.153. The van der Waals surface area contributed by atoms with Gasteiger partial charge in [0.15, 0.2) is 5.75 Å². The molecule has 1 heterocycles. The number of halogens is 1. The zero-order valence-electron chi connectivity index (χ0n) is 13.9. The van der Waals surface area contributed by atoms with Crippen molar-refractivity contribution in [2.24, 2.45) is 5.40 Å². The van der Waals surface area contributed by atoms with Crippen LogP contribution < -0.4 is 15.8 Å². The van der Waals surface area contributed by atoms with Gasteiger partial charge in [-0.2, -0.15) is 0 Å². The van der Waals surface area contributed by atoms with Crippen molar-refractivity contribution in [2.75, 3.05) is 0 Å². The second kappa shape index (κ2) is 8.43. The standard InChI is InChI=1S/C15H15BrO6.H5NSi/c1-15(2,3)22-14(19)21-12-6-11-9(5-10(12)16)8(7-17)4-13(18)20-11;1-2/h4-6,17H,7H2,1-3H3;1H2,2H3. The Morgan fingerprint density at radius 3 is 2.50 bits per heavy atom. The first-order chi connectivity index (χ1) is 11.2. The van der Waals surface area contributed by atoms with Crippen molar-refractivity contribution in [3.63, 3.8) is 0 Å². The highest BCUT2D eigenvalue weighted by molar-refractivity contribution is 9.10. The van der Waals surface area contributed by atoms with E-state index in [4.69, 9.17) is 13.9 Å². The summed E-state index contributed by atoms with van der Waals surface area (Å²) in [6, 6.07) is 4.20. The van der Waals surface area contributed by atoms with Gasteiger partial charge in [-0.15, -0.1) is 0 Å². The highest BCUT2D eigenvalue weighted by Gasteiger charge is 2.20. The van der Waals surface area contributed by atoms with Crippen molar-refractivity contribution in [3.8, 4) is 5.75 Å². The summed E-state index contributed by atoms with van der Waals surface area (Å²) in [5.74, 6) is 0.153. The molecule has 0 aliphatic rings. The molecule has 0 amide bonds. The average molecular weight is 418 g/mol. The van der Waals surface area contributed by atoms with E-state index in [1.807, 2.05) is 0 Å². The van der Waals surface area contributed by atoms with Gasteiger partial charge in [-0.3, -0.25) is 0 Å². The monoisotopic (exact) mass is 417 g/mol. The Morgan fingerprint density at radius 2 is 1.96 bits per heavy atom. The lowest BCUT2D eigenvalue weighted by Crippen LogP contribution is -2.26. The minimum atomic E-state index is -0.867. The number of ether oxygens (including phenoxy) is 2. The summed E-state index contributed by atoms with van der Waals surface area (Å²) in [5.41, 5.74) is -0.645. The number of benzene rings is 1. The largest absolute Gasteiger partial charge is 0.514 e. The maximum atomic E-state index is 11.7. The normalized spacial score (nSPS) is 10.9. The summed E-state index contributed by atoms with van der Waals surface area (Å²) in [6.45, 7) is 4.85. The van der Waals surface area contributed by atoms with Crippen LogP contribution in [0.25, 0.3) is 11.0 Å². The molecule has 0 aliphatic heterocycles. The van der Waals surface area contributed by atoms with Gasteiger partial charge in [-0.25, -0.2) is 9.59 Å². The van der Waals surface area contributed by atoms with Crippen LogP contribution in [0.3, 0.4) is 0 Å². The second-order valence-electron chi connectivity index (χ2n) is 5.59. The van der Waals surface area contributed by atoms with Crippen LogP contribution in [-0.2, 0) is 11.3 Å². The molecule has 0 radical (unpaired) electrons. The fraction of sp³-hybridized carbons (Fsp3) is 0.333. The van der Waals surface area contributed by atoms with E-state index in [0.29, 0.717) is 15.4 Å². The van der Waals surface area contributed by atoms with Gasteiger partial charge in [-0.05, 0) is 48.3 Å². The van der Waals surface area contributed by atoms with Gasteiger partial charge in [0, 0.05) is 17.5 Å². The van der Waals surface area contributed by atoms with E-state index in [9.17, 15) is 14.7 Å². The van der Waals surface area contributed by atoms with Crippen molar-refractivity contribution in [3.05, 3.63) is 38.7 Å². The molecule has 0 saturated heterocycles. The lowest BCUT2D eigenvalue weighted by atomic mass is 10.1. The Kier molecular flexibility index (Phi) is 7.15. The molecule has 3 N–H and O–H groups in total. The Hall–Kier alpha value is -1.68. The summed E-state index contributed by atoms with van der Waals surface area (Å²) in [4.78, 5) is 23.2. The minimum Gasteiger partial charge on any atom is -0.428 e. The van der Waals surface area contributed by atoms with Crippen LogP contribution in [0.4, 0.5) is 4.79 Å². The maximum absolute atomic E-state index is 11.7. The van der Waals surface area contributed by atoms with Crippen LogP contribution in [0.15, 0.2) is 31.9 Å². The first kappa shape index (κ1) is 20.4. The van der Waals surface area contributed by atoms with Gasteiger partial charge in [-0.1, -0.05) is 0 Å². The number of carbonyl (C=O) groups is 1. The van der Waals surface area contributed by atoms with Gasteiger partial charge in [0.05, 0.1) is 21.5 Å². The Balaban J connectivity index is 0.00000139. The molecule has 7 nitrogen and oxygen atoms in total. The second-order valence-corrected chi connectivity index (χ2v) is 6.45. The molecule has 0 spiro atoms. The number of carbonyl (C=O) groups excluding carboxylic acids is 1. The van der Waals surface area contributed by atoms with E-state index < -0.39 is 17.4 Å². The molecule has 1 aromatic carbocycles. The number of fused-ring (bicyclic) bond motifs is 1. The fourth-order valence-electron chi connectivity index (χ4n) is 1.80. The van der Waals surface area contributed by atoms with E-state index in [1.165, 1.54) is 12.1 Å². The van der Waals surface area contributed by atoms with Crippen molar-refractivity contribution in [2.45, 2.75) is 33.0 Å². The van der Waals surface area contributed by atoms with E-state index in [0.717, 1.165) is 10.4 Å². The molecule has 1 aromatic heterocycles. The molecule has 2 aromatic rings. The third kappa shape index (κ3) is 5.44. The van der Waals surface area contributed by atoms with E-state index in [2.05, 4.69) is 21.3 Å². The van der Waals surface area contributed by atoms with Crippen LogP contribution in [0.5, 0.6) is 5.75 Å². The first-order valence-electron chi connectivity index (χ1n) is 7.05. The number of hydrogen-bond acceptors (Lipinski definition) is 7. The average Bonchev–Trinajstić information content (AvgIpc) is 2.48. The summed E-state index contributed by atoms with van der Waals surface area (Å²) >= 11 is 3.27. The zero-order valence-corrected chi connectivity index (χ0v) is 17.5. The van der Waals surface area contributed by atoms with Crippen LogP contribution in [0, 0.1) is 0 Å². The maximum Gasteiger partial charge on any atom is 0.514 e. The molecule has 0 aliphatic carbocycles. The molecule has 0 fully saturated rings. The summed E-state index contributed by atoms with van der Waals surface area (Å²) in [5, 5.41) is 14.5. The van der Waals surface area contributed by atoms with Crippen LogP contribution in [0.1, 0.15) is 26.3 Å². The Bertz CT molecular complexity index is 784. The van der Waals surface area contributed by atoms with Crippen molar-refractivity contribution >= 4 is 43.5 Å². The molecule has 132 valence electrons. The lowest BCUT2D eigenvalue weighted by molar-refractivity contribution is 0.0205. The zero-order chi connectivity index (χ0) is 18.5. The van der Waals surface area contributed by atoms with Crippen molar-refractivity contribution in [1.29, 1.82) is 0 Å². The van der Waals surface area contributed by atoms with Gasteiger partial charge < -0.3 is 24.4 Å². The Morgan fingerprint density at radius 1 is 1.33 bits per heavy atom. The molecule has 0 unspecified atom stereocenters. The van der Waals surface area contributed by atoms with Crippen LogP contribution in [0.2, 0.25) is 0 Å². The molecule has 0 saturated carbocycles. The van der Waals surface area contributed by atoms with Gasteiger partial charge in [0.2, 0.25) is 0 Å². The Labute approximate surface area is 150 Å². The van der Waals surface area contributed by atoms with Crippen LogP contribution >= 0.6 is 15.9 Å². The van der Waals surface area contributed by atoms with Gasteiger partial charge in [0.1, 0.15) is 11.2 Å². The summed E-state index contributed by atoms with van der Waals surface area (Å²) < 4.78 is 15.7. The predicted octanol–water partition coefficient (Wildman–Crippen LogP) is 1.59. The fourth-order valence-corrected chi connectivity index (χ4v) is 2.22. The number of aliphatic hydroxyl groups is 1. The number of hydrogen-bond donors (Lipinski definition) is 2. The summed E-state index contributed by atoms with van der Waals surface area (Å²) in [7, 11) is 0.806. The third-order valence-electron chi connectivity index (χ3n) is 2.64. The predicted molar refractivity (Wildman–Crippen MR) is 97.1 cm³/mol. The quantitative estimate of drug-likeness (QED) is 0.330. The summed E-state index contributed by atoms with van der Waals surface area (Å²) in [6.07, 6.45) is -0.867. The third-order valence-corrected chi connectivity index (χ3v) is 3.26. The van der Waals surface area contributed by atoms with E-state index in [-0.39, 0.29) is 17.9 Å². The molecule has 0 atom stereocenters. The molecule has 9 heteroatoms. The topological polar surface area (TPSA) is 112 Å². The molecule has 0 bridgehead atoms. The van der Waals surface area contributed by atoms with E-state index >= 15 is 0 Å². The van der Waals surface area contributed by atoms with Crippen LogP contribution in [-0.4, -0.2) is 27.3 Å². The number of aliphatic hydroxyl groups excluding tert-OH is 1. The molecular formula is C15H20BrNO6Si. The SMILES string of the molecule is CC(C)(C)OC(=O)Oc1cc2oc(=O)cc(CO)c2cc1Br.N[SiH3]. The van der Waals surface area contributed by atoms with Crippen molar-refractivity contribution < 1.29 is 23.8 Å². The highest BCUT2D eigenvalue weighted by Crippen LogP contribution is 2.32. The lowest BCUT2D eigenvalue weighted by Gasteiger charge is -2.19. The number of rotatable bonds is 2. The smallest absolute Gasteiger partial charge is 0.428 e. The first-order valence-corrected chi connectivity index (χ1v) is 9.00. The van der Waals surface area contributed by atoms with E-state index in [1.54, 1.807) is 26.8 Å². The highest BCUT2D eigenvalue weighted by atomic mass is 79.9. The van der Waals surface area contributed by atoms with Gasteiger partial charge >= 0.3 is 11.8 Å². The molecule has 2 rings (SSSR count). The number of nitrogens with two attached hydrogens (primary N) is 1.